The topological polar surface area (TPSA) is 66.8 Å². The van der Waals surface area contributed by atoms with Crippen LogP contribution in [0, 0.1) is 24.6 Å². The predicted molar refractivity (Wildman–Crippen MR) is 104 cm³/mol. The Labute approximate surface area is 164 Å². The zero-order valence-electron chi connectivity index (χ0n) is 15.9. The number of rotatable bonds is 7. The van der Waals surface area contributed by atoms with Gasteiger partial charge >= 0.3 is 0 Å². The number of hydrogen-bond acceptors (Lipinski definition) is 4. The number of ether oxygens (including phenoxy) is 1. The second kappa shape index (κ2) is 9.02. The van der Waals surface area contributed by atoms with Crippen LogP contribution in [0.15, 0.2) is 54.3 Å². The van der Waals surface area contributed by atoms with Crippen LogP contribution < -0.4 is 0 Å². The molecule has 148 valence electrons. The first-order chi connectivity index (χ1) is 13.5. The molecule has 0 amide bonds. The van der Waals surface area contributed by atoms with E-state index in [4.69, 9.17) is 9.84 Å². The van der Waals surface area contributed by atoms with Crippen LogP contribution >= 0.6 is 0 Å². The van der Waals surface area contributed by atoms with Gasteiger partial charge in [0.15, 0.2) is 12.6 Å². The number of phenols is 1. The number of phenolic OH excluding ortho intramolecular Hbond substituents is 1. The highest BCUT2D eigenvalue weighted by Crippen LogP contribution is 2.34. The van der Waals surface area contributed by atoms with Crippen LogP contribution in [0.1, 0.15) is 29.5 Å². The molecule has 2 N–H and O–H groups in total. The Kier molecular flexibility index (Phi) is 6.47. The summed E-state index contributed by atoms with van der Waals surface area (Å²) in [5.41, 5.74) is 2.02. The van der Waals surface area contributed by atoms with Crippen molar-refractivity contribution in [2.45, 2.75) is 32.6 Å². The SMILES string of the molecule is Cc1cc(F)c(CCC2CC(Cc3ccccc3)C(=O)C=C2OCO)cc1O. The normalized spacial score (nSPS) is 19.4. The number of aryl methyl sites for hydroxylation is 2. The summed E-state index contributed by atoms with van der Waals surface area (Å²) in [6, 6.07) is 12.6. The summed E-state index contributed by atoms with van der Waals surface area (Å²) in [4.78, 5) is 12.5. The van der Waals surface area contributed by atoms with E-state index >= 15 is 0 Å². The van der Waals surface area contributed by atoms with Crippen molar-refractivity contribution < 1.29 is 24.1 Å². The molecular weight excluding hydrogens is 359 g/mol. The fraction of sp³-hybridized carbons (Fsp3) is 0.348. The Hall–Kier alpha value is -2.66. The third-order valence-electron chi connectivity index (χ3n) is 5.34. The molecule has 2 unspecified atom stereocenters. The number of allylic oxidation sites excluding steroid dienone is 2. The Morgan fingerprint density at radius 1 is 1.18 bits per heavy atom. The zero-order chi connectivity index (χ0) is 20.1. The van der Waals surface area contributed by atoms with Crippen LogP contribution in [0.5, 0.6) is 5.75 Å². The molecule has 28 heavy (non-hydrogen) atoms. The first-order valence-corrected chi connectivity index (χ1v) is 9.49. The van der Waals surface area contributed by atoms with Crippen LogP contribution in [-0.4, -0.2) is 22.8 Å². The van der Waals surface area contributed by atoms with E-state index in [-0.39, 0.29) is 29.2 Å². The monoisotopic (exact) mass is 384 g/mol. The highest BCUT2D eigenvalue weighted by Gasteiger charge is 2.31. The van der Waals surface area contributed by atoms with Crippen molar-refractivity contribution in [3.05, 3.63) is 76.8 Å². The molecule has 3 rings (SSSR count). The van der Waals surface area contributed by atoms with Gasteiger partial charge in [0, 0.05) is 17.9 Å². The van der Waals surface area contributed by atoms with E-state index in [2.05, 4.69) is 0 Å². The van der Waals surface area contributed by atoms with Crippen molar-refractivity contribution >= 4 is 5.78 Å². The fourth-order valence-corrected chi connectivity index (χ4v) is 3.75. The van der Waals surface area contributed by atoms with Gasteiger partial charge in [0.1, 0.15) is 17.3 Å². The number of carbonyl (C=O) groups excluding carboxylic acids is 1. The minimum absolute atomic E-state index is 0.0114. The van der Waals surface area contributed by atoms with Gasteiger partial charge in [-0.3, -0.25) is 4.79 Å². The molecule has 0 radical (unpaired) electrons. The summed E-state index contributed by atoms with van der Waals surface area (Å²) in [5.74, 6) is -0.108. The quantitative estimate of drug-likeness (QED) is 0.706. The summed E-state index contributed by atoms with van der Waals surface area (Å²) in [7, 11) is 0. The number of halogens is 1. The van der Waals surface area contributed by atoms with E-state index < -0.39 is 6.79 Å². The highest BCUT2D eigenvalue weighted by atomic mass is 19.1. The van der Waals surface area contributed by atoms with Crippen LogP contribution in [0.4, 0.5) is 4.39 Å². The summed E-state index contributed by atoms with van der Waals surface area (Å²) < 4.78 is 19.5. The molecule has 0 heterocycles. The Morgan fingerprint density at radius 2 is 1.93 bits per heavy atom. The first kappa shape index (κ1) is 20.1. The molecule has 0 saturated carbocycles. The molecule has 0 bridgehead atoms. The Morgan fingerprint density at radius 3 is 2.64 bits per heavy atom. The average molecular weight is 384 g/mol. The van der Waals surface area contributed by atoms with Crippen LogP contribution in [0.25, 0.3) is 0 Å². The maximum Gasteiger partial charge on any atom is 0.185 e. The van der Waals surface area contributed by atoms with E-state index in [9.17, 15) is 14.3 Å². The molecular formula is C23H25FO4. The summed E-state index contributed by atoms with van der Waals surface area (Å²) in [6.45, 7) is 1.15. The van der Waals surface area contributed by atoms with E-state index in [0.29, 0.717) is 42.6 Å². The molecule has 1 aliphatic carbocycles. The number of benzene rings is 2. The summed E-state index contributed by atoms with van der Waals surface area (Å²) in [5, 5.41) is 19.0. The molecule has 2 aromatic carbocycles. The van der Waals surface area contributed by atoms with Crippen LogP contribution in [-0.2, 0) is 22.4 Å². The first-order valence-electron chi connectivity index (χ1n) is 9.49. The Bertz CT molecular complexity index is 860. The number of carbonyl (C=O) groups is 1. The molecule has 2 aromatic rings. The van der Waals surface area contributed by atoms with Gasteiger partial charge in [0.2, 0.25) is 0 Å². The average Bonchev–Trinajstić information content (AvgIpc) is 2.67. The molecule has 0 aliphatic heterocycles. The molecule has 0 spiro atoms. The van der Waals surface area contributed by atoms with Gasteiger partial charge in [-0.05, 0) is 61.4 Å². The smallest absolute Gasteiger partial charge is 0.185 e. The molecule has 4 nitrogen and oxygen atoms in total. The second-order valence-corrected chi connectivity index (χ2v) is 7.31. The number of aliphatic hydroxyl groups is 1. The van der Waals surface area contributed by atoms with E-state index in [1.54, 1.807) is 6.92 Å². The van der Waals surface area contributed by atoms with Crippen molar-refractivity contribution in [2.75, 3.05) is 6.79 Å². The zero-order valence-corrected chi connectivity index (χ0v) is 15.9. The third-order valence-corrected chi connectivity index (χ3v) is 5.34. The number of ketones is 1. The van der Waals surface area contributed by atoms with Gasteiger partial charge in [-0.1, -0.05) is 30.3 Å². The highest BCUT2D eigenvalue weighted by molar-refractivity contribution is 5.93. The summed E-state index contributed by atoms with van der Waals surface area (Å²) >= 11 is 0. The Balaban J connectivity index is 1.74. The van der Waals surface area contributed by atoms with Gasteiger partial charge in [0.05, 0.1) is 0 Å². The lowest BCUT2D eigenvalue weighted by Crippen LogP contribution is -2.27. The number of hydrogen-bond donors (Lipinski definition) is 2. The standard InChI is InChI=1S/C23H25FO4/c1-15-9-20(24)17(12-21(15)26)7-8-18-11-19(10-16-5-3-2-4-6-16)22(27)13-23(18)28-14-25/h2-6,9,12-13,18-19,25-26H,7-8,10-11,14H2,1H3. The van der Waals surface area contributed by atoms with E-state index in [0.717, 1.165) is 5.56 Å². The van der Waals surface area contributed by atoms with E-state index in [1.165, 1.54) is 18.2 Å². The maximum atomic E-state index is 14.2. The lowest BCUT2D eigenvalue weighted by atomic mass is 9.78. The van der Waals surface area contributed by atoms with Crippen molar-refractivity contribution in [3.63, 3.8) is 0 Å². The fourth-order valence-electron chi connectivity index (χ4n) is 3.75. The predicted octanol–water partition coefficient (Wildman–Crippen LogP) is 4.07. The van der Waals surface area contributed by atoms with Crippen LogP contribution in [0.2, 0.25) is 0 Å². The van der Waals surface area contributed by atoms with Gasteiger partial charge in [-0.25, -0.2) is 4.39 Å². The minimum atomic E-state index is -0.501. The van der Waals surface area contributed by atoms with E-state index in [1.807, 2.05) is 30.3 Å². The van der Waals surface area contributed by atoms with Gasteiger partial charge < -0.3 is 14.9 Å². The van der Waals surface area contributed by atoms with Crippen molar-refractivity contribution in [1.29, 1.82) is 0 Å². The molecule has 2 atom stereocenters. The lowest BCUT2D eigenvalue weighted by molar-refractivity contribution is -0.120. The third kappa shape index (κ3) is 4.78. The van der Waals surface area contributed by atoms with Gasteiger partial charge in [0.25, 0.3) is 0 Å². The van der Waals surface area contributed by atoms with Crippen molar-refractivity contribution in [3.8, 4) is 5.75 Å². The lowest BCUT2D eigenvalue weighted by Gasteiger charge is -2.28. The molecule has 5 heteroatoms. The minimum Gasteiger partial charge on any atom is -0.508 e. The number of aromatic hydroxyl groups is 1. The van der Waals surface area contributed by atoms with Crippen molar-refractivity contribution in [2.24, 2.45) is 11.8 Å². The second-order valence-electron chi connectivity index (χ2n) is 7.31. The molecule has 0 fully saturated rings. The maximum absolute atomic E-state index is 14.2. The van der Waals surface area contributed by atoms with Gasteiger partial charge in [-0.2, -0.15) is 0 Å². The van der Waals surface area contributed by atoms with Gasteiger partial charge in [-0.15, -0.1) is 0 Å². The largest absolute Gasteiger partial charge is 0.508 e. The number of aliphatic hydroxyl groups excluding tert-OH is 1. The molecule has 0 aromatic heterocycles. The molecule has 1 aliphatic rings. The van der Waals surface area contributed by atoms with Crippen LogP contribution in [0.3, 0.4) is 0 Å². The van der Waals surface area contributed by atoms with Crippen molar-refractivity contribution in [1.82, 2.24) is 0 Å². The molecule has 0 saturated heterocycles. The summed E-state index contributed by atoms with van der Waals surface area (Å²) in [6.07, 6.45) is 3.66.